The van der Waals surface area contributed by atoms with Crippen LogP contribution in [0.25, 0.3) is 0 Å². The zero-order valence-electron chi connectivity index (χ0n) is 12.3. The van der Waals surface area contributed by atoms with E-state index >= 15 is 0 Å². The minimum Gasteiger partial charge on any atom is -0.365 e. The van der Waals surface area contributed by atoms with Gasteiger partial charge in [0.1, 0.15) is 0 Å². The number of rotatable bonds is 4. The van der Waals surface area contributed by atoms with Gasteiger partial charge in [0.25, 0.3) is 5.56 Å². The molecule has 0 aliphatic heterocycles. The van der Waals surface area contributed by atoms with Crippen LogP contribution in [0.15, 0.2) is 22.6 Å². The van der Waals surface area contributed by atoms with Gasteiger partial charge in [0.15, 0.2) is 5.82 Å². The summed E-state index contributed by atoms with van der Waals surface area (Å²) >= 11 is 1.64. The first-order valence-electron chi connectivity index (χ1n) is 6.61. The summed E-state index contributed by atoms with van der Waals surface area (Å²) in [6.07, 6.45) is 4.17. The van der Waals surface area contributed by atoms with E-state index < -0.39 is 0 Å². The lowest BCUT2D eigenvalue weighted by Crippen LogP contribution is -2.35. The number of aromatic nitrogens is 3. The van der Waals surface area contributed by atoms with Crippen LogP contribution in [0.1, 0.15) is 31.5 Å². The summed E-state index contributed by atoms with van der Waals surface area (Å²) < 4.78 is 1.69. The van der Waals surface area contributed by atoms with Crippen LogP contribution < -0.4 is 10.9 Å². The normalized spacial score (nSPS) is 11.6. The van der Waals surface area contributed by atoms with Crippen LogP contribution in [0.3, 0.4) is 0 Å². The Morgan fingerprint density at radius 1 is 1.40 bits per heavy atom. The van der Waals surface area contributed by atoms with Gasteiger partial charge in [0.2, 0.25) is 0 Å². The van der Waals surface area contributed by atoms with Crippen molar-refractivity contribution in [3.8, 4) is 0 Å². The van der Waals surface area contributed by atoms with Gasteiger partial charge >= 0.3 is 0 Å². The van der Waals surface area contributed by atoms with Crippen molar-refractivity contribution in [2.24, 2.45) is 0 Å². The number of anilines is 1. The molecule has 2 rings (SSSR count). The van der Waals surface area contributed by atoms with Gasteiger partial charge in [-0.15, -0.1) is 11.3 Å². The maximum atomic E-state index is 12.3. The summed E-state index contributed by atoms with van der Waals surface area (Å²) in [7, 11) is 0. The molecular formula is C14H20N4OS. The van der Waals surface area contributed by atoms with Crippen molar-refractivity contribution in [2.75, 3.05) is 11.9 Å². The van der Waals surface area contributed by atoms with Crippen LogP contribution in [0.5, 0.6) is 0 Å². The summed E-state index contributed by atoms with van der Waals surface area (Å²) in [5.74, 6) is 0.399. The van der Waals surface area contributed by atoms with E-state index in [-0.39, 0.29) is 11.1 Å². The van der Waals surface area contributed by atoms with Crippen LogP contribution in [-0.4, -0.2) is 21.1 Å². The van der Waals surface area contributed by atoms with Crippen LogP contribution in [0.4, 0.5) is 5.82 Å². The van der Waals surface area contributed by atoms with Crippen molar-refractivity contribution in [2.45, 2.75) is 39.7 Å². The van der Waals surface area contributed by atoms with Gasteiger partial charge in [-0.05, 0) is 27.7 Å². The lowest BCUT2D eigenvalue weighted by atomic mass is 10.1. The first-order chi connectivity index (χ1) is 9.38. The van der Waals surface area contributed by atoms with Crippen molar-refractivity contribution in [1.29, 1.82) is 0 Å². The van der Waals surface area contributed by atoms with Gasteiger partial charge in [0.05, 0.1) is 5.01 Å². The Morgan fingerprint density at radius 2 is 2.15 bits per heavy atom. The largest absolute Gasteiger partial charge is 0.365 e. The third-order valence-corrected chi connectivity index (χ3v) is 3.89. The molecule has 2 aromatic rings. The van der Waals surface area contributed by atoms with Gasteiger partial charge in [0, 0.05) is 42.0 Å². The lowest BCUT2D eigenvalue weighted by Gasteiger charge is -2.22. The van der Waals surface area contributed by atoms with Crippen molar-refractivity contribution in [3.63, 3.8) is 0 Å². The van der Waals surface area contributed by atoms with E-state index in [0.717, 1.165) is 17.1 Å². The maximum Gasteiger partial charge on any atom is 0.293 e. The van der Waals surface area contributed by atoms with Crippen LogP contribution >= 0.6 is 11.3 Å². The minimum absolute atomic E-state index is 0.0877. The van der Waals surface area contributed by atoms with Gasteiger partial charge in [-0.2, -0.15) is 0 Å². The van der Waals surface area contributed by atoms with Crippen molar-refractivity contribution < 1.29 is 0 Å². The smallest absolute Gasteiger partial charge is 0.293 e. The highest BCUT2D eigenvalue weighted by molar-refractivity contribution is 7.09. The second-order valence-corrected chi connectivity index (χ2v) is 6.62. The number of hydrogen-bond donors (Lipinski definition) is 1. The fourth-order valence-corrected chi connectivity index (χ4v) is 2.64. The third kappa shape index (κ3) is 3.45. The van der Waals surface area contributed by atoms with Gasteiger partial charge in [-0.3, -0.25) is 4.79 Å². The standard InChI is InChI=1S/C14H20N4OS/c1-10-9-20-11(17-10)5-6-15-12-13(19)18(8-7-16-12)14(2,3)4/h7-9H,5-6H2,1-4H3,(H,15,16). The molecule has 0 aliphatic rings. The number of nitrogens with zero attached hydrogens (tertiary/aromatic N) is 3. The van der Waals surface area contributed by atoms with Gasteiger partial charge in [-0.25, -0.2) is 9.97 Å². The number of hydrogen-bond acceptors (Lipinski definition) is 5. The van der Waals surface area contributed by atoms with E-state index in [9.17, 15) is 4.79 Å². The Balaban J connectivity index is 2.05. The Morgan fingerprint density at radius 3 is 2.75 bits per heavy atom. The predicted molar refractivity (Wildman–Crippen MR) is 82.5 cm³/mol. The highest BCUT2D eigenvalue weighted by Gasteiger charge is 2.16. The van der Waals surface area contributed by atoms with Gasteiger partial charge < -0.3 is 9.88 Å². The minimum atomic E-state index is -0.247. The molecule has 0 aromatic carbocycles. The Hall–Kier alpha value is -1.69. The molecule has 0 unspecified atom stereocenters. The van der Waals surface area contributed by atoms with Crippen LogP contribution in [-0.2, 0) is 12.0 Å². The highest BCUT2D eigenvalue weighted by atomic mass is 32.1. The molecule has 0 bridgehead atoms. The first-order valence-corrected chi connectivity index (χ1v) is 7.49. The fraction of sp³-hybridized carbons (Fsp3) is 0.500. The molecule has 0 spiro atoms. The lowest BCUT2D eigenvalue weighted by molar-refractivity contribution is 0.383. The Labute approximate surface area is 122 Å². The molecule has 2 aromatic heterocycles. The average molecular weight is 292 g/mol. The summed E-state index contributed by atoms with van der Waals surface area (Å²) in [6.45, 7) is 8.63. The highest BCUT2D eigenvalue weighted by Crippen LogP contribution is 2.11. The number of thiazole rings is 1. The third-order valence-electron chi connectivity index (χ3n) is 2.86. The molecule has 6 heteroatoms. The second-order valence-electron chi connectivity index (χ2n) is 5.68. The Kier molecular flexibility index (Phi) is 4.23. The zero-order valence-corrected chi connectivity index (χ0v) is 13.1. The number of nitrogens with one attached hydrogen (secondary N) is 1. The maximum absolute atomic E-state index is 12.3. The summed E-state index contributed by atoms with van der Waals surface area (Å²) in [4.78, 5) is 20.8. The predicted octanol–water partition coefficient (Wildman–Crippen LogP) is 2.42. The number of aryl methyl sites for hydroxylation is 1. The summed E-state index contributed by atoms with van der Waals surface area (Å²) in [6, 6.07) is 0. The topological polar surface area (TPSA) is 59.8 Å². The molecule has 0 radical (unpaired) electrons. The Bertz CT molecular complexity index is 639. The van der Waals surface area contributed by atoms with Gasteiger partial charge in [-0.1, -0.05) is 0 Å². The van der Waals surface area contributed by atoms with E-state index in [2.05, 4.69) is 15.3 Å². The van der Waals surface area contributed by atoms with Crippen molar-refractivity contribution >= 4 is 17.2 Å². The average Bonchev–Trinajstić information content (AvgIpc) is 2.76. The quantitative estimate of drug-likeness (QED) is 0.940. The van der Waals surface area contributed by atoms with Crippen LogP contribution in [0.2, 0.25) is 0 Å². The first kappa shape index (κ1) is 14.7. The van der Waals surface area contributed by atoms with Crippen molar-refractivity contribution in [3.05, 3.63) is 38.8 Å². The monoisotopic (exact) mass is 292 g/mol. The van der Waals surface area contributed by atoms with E-state index in [0.29, 0.717) is 12.4 Å². The molecular weight excluding hydrogens is 272 g/mol. The zero-order chi connectivity index (χ0) is 14.8. The summed E-state index contributed by atoms with van der Waals surface area (Å²) in [5.41, 5.74) is 0.705. The molecule has 0 saturated heterocycles. The molecule has 108 valence electrons. The second kappa shape index (κ2) is 5.75. The van der Waals surface area contributed by atoms with Crippen LogP contribution in [0, 0.1) is 6.92 Å². The van der Waals surface area contributed by atoms with E-state index in [4.69, 9.17) is 0 Å². The molecule has 0 amide bonds. The molecule has 0 atom stereocenters. The molecule has 0 fully saturated rings. The molecule has 0 aliphatic carbocycles. The molecule has 20 heavy (non-hydrogen) atoms. The summed E-state index contributed by atoms with van der Waals surface area (Å²) in [5, 5.41) is 6.21. The SMILES string of the molecule is Cc1csc(CCNc2nccn(C(C)(C)C)c2=O)n1. The molecule has 0 saturated carbocycles. The fourth-order valence-electron chi connectivity index (χ4n) is 1.87. The van der Waals surface area contributed by atoms with E-state index in [1.807, 2.05) is 33.1 Å². The molecule has 1 N–H and O–H groups in total. The van der Waals surface area contributed by atoms with E-state index in [1.165, 1.54) is 0 Å². The molecule has 2 heterocycles. The van der Waals surface area contributed by atoms with Crippen molar-refractivity contribution in [1.82, 2.24) is 14.5 Å². The molecule has 5 nitrogen and oxygen atoms in total. The van der Waals surface area contributed by atoms with E-state index in [1.54, 1.807) is 28.3 Å².